The van der Waals surface area contributed by atoms with Gasteiger partial charge in [0, 0.05) is 17.6 Å². The number of nitrogens with zero attached hydrogens (tertiary/aromatic N) is 1. The van der Waals surface area contributed by atoms with Crippen molar-refractivity contribution in [2.45, 2.75) is 19.1 Å². The van der Waals surface area contributed by atoms with Crippen LogP contribution in [0.4, 0.5) is 13.2 Å². The molecule has 0 saturated heterocycles. The second-order valence-corrected chi connectivity index (χ2v) is 4.71. The van der Waals surface area contributed by atoms with Crippen molar-refractivity contribution >= 4 is 21.8 Å². The first kappa shape index (κ1) is 12.4. The third-order valence-corrected chi connectivity index (χ3v) is 3.48. The Balaban J connectivity index is 2.23. The van der Waals surface area contributed by atoms with Crippen molar-refractivity contribution in [2.75, 3.05) is 6.54 Å². The third-order valence-electron chi connectivity index (χ3n) is 2.74. The number of halogens is 4. The van der Waals surface area contributed by atoms with Gasteiger partial charge in [-0.1, -0.05) is 28.1 Å². The molecule has 2 rings (SSSR count). The maximum absolute atomic E-state index is 12.3. The SMILES string of the molecule is O=C(N1CCc2c(Br)cccc2C1)C(F)(F)F. The average Bonchev–Trinajstić information content (AvgIpc) is 2.26. The van der Waals surface area contributed by atoms with Gasteiger partial charge in [0.2, 0.25) is 0 Å². The molecule has 1 amide bonds. The van der Waals surface area contributed by atoms with Gasteiger partial charge in [0.05, 0.1) is 0 Å². The molecule has 0 aliphatic carbocycles. The topological polar surface area (TPSA) is 20.3 Å². The summed E-state index contributed by atoms with van der Waals surface area (Å²) in [4.78, 5) is 11.9. The molecule has 17 heavy (non-hydrogen) atoms. The number of carbonyl (C=O) groups excluding carboxylic acids is 1. The molecule has 92 valence electrons. The summed E-state index contributed by atoms with van der Waals surface area (Å²) in [7, 11) is 0. The molecular formula is C11H9BrF3NO. The predicted octanol–water partition coefficient (Wildman–Crippen LogP) is 2.90. The van der Waals surface area contributed by atoms with E-state index in [9.17, 15) is 18.0 Å². The van der Waals surface area contributed by atoms with Crippen LogP contribution in [0, 0.1) is 0 Å². The van der Waals surface area contributed by atoms with Crippen LogP contribution in [0.25, 0.3) is 0 Å². The Bertz CT molecular complexity index is 459. The quantitative estimate of drug-likeness (QED) is 0.722. The van der Waals surface area contributed by atoms with E-state index in [2.05, 4.69) is 15.9 Å². The molecule has 0 spiro atoms. The first-order chi connectivity index (χ1) is 7.89. The number of rotatable bonds is 0. The lowest BCUT2D eigenvalue weighted by Crippen LogP contribution is -2.43. The summed E-state index contributed by atoms with van der Waals surface area (Å²) >= 11 is 3.35. The van der Waals surface area contributed by atoms with Gasteiger partial charge >= 0.3 is 12.1 Å². The molecule has 0 atom stereocenters. The summed E-state index contributed by atoms with van der Waals surface area (Å²) in [5.74, 6) is -1.76. The first-order valence-electron chi connectivity index (χ1n) is 5.02. The first-order valence-corrected chi connectivity index (χ1v) is 5.81. The summed E-state index contributed by atoms with van der Waals surface area (Å²) in [6.45, 7) is 0.126. The van der Waals surface area contributed by atoms with Crippen LogP contribution in [0.1, 0.15) is 11.1 Å². The van der Waals surface area contributed by atoms with Crippen molar-refractivity contribution < 1.29 is 18.0 Å². The summed E-state index contributed by atoms with van der Waals surface area (Å²) in [6.07, 6.45) is -4.35. The van der Waals surface area contributed by atoms with Gasteiger partial charge in [0.25, 0.3) is 0 Å². The van der Waals surface area contributed by atoms with E-state index in [1.165, 1.54) is 0 Å². The molecule has 0 fully saturated rings. The molecular weight excluding hydrogens is 299 g/mol. The molecule has 0 N–H and O–H groups in total. The van der Waals surface area contributed by atoms with E-state index in [-0.39, 0.29) is 13.1 Å². The van der Waals surface area contributed by atoms with Crippen LogP contribution in [0.3, 0.4) is 0 Å². The number of carbonyl (C=O) groups is 1. The van der Waals surface area contributed by atoms with E-state index in [0.717, 1.165) is 20.5 Å². The largest absolute Gasteiger partial charge is 0.471 e. The fraction of sp³-hybridized carbons (Fsp3) is 0.364. The second kappa shape index (κ2) is 4.33. The van der Waals surface area contributed by atoms with Gasteiger partial charge in [0.1, 0.15) is 0 Å². The summed E-state index contributed by atoms with van der Waals surface area (Å²) < 4.78 is 37.7. The predicted molar refractivity (Wildman–Crippen MR) is 59.3 cm³/mol. The second-order valence-electron chi connectivity index (χ2n) is 3.85. The molecule has 1 aromatic carbocycles. The Kier molecular flexibility index (Phi) is 3.16. The Morgan fingerprint density at radius 1 is 1.35 bits per heavy atom. The molecule has 0 saturated carbocycles. The normalized spacial score (nSPS) is 15.6. The number of hydrogen-bond acceptors (Lipinski definition) is 1. The van der Waals surface area contributed by atoms with Crippen LogP contribution in [0.2, 0.25) is 0 Å². The third kappa shape index (κ3) is 2.46. The zero-order valence-corrected chi connectivity index (χ0v) is 10.3. The van der Waals surface area contributed by atoms with Crippen LogP contribution < -0.4 is 0 Å². The highest BCUT2D eigenvalue weighted by atomic mass is 79.9. The maximum Gasteiger partial charge on any atom is 0.471 e. The fourth-order valence-corrected chi connectivity index (χ4v) is 2.52. The van der Waals surface area contributed by atoms with E-state index < -0.39 is 12.1 Å². The molecule has 1 aliphatic heterocycles. The van der Waals surface area contributed by atoms with Crippen LogP contribution in [0.5, 0.6) is 0 Å². The van der Waals surface area contributed by atoms with Crippen LogP contribution >= 0.6 is 15.9 Å². The highest BCUT2D eigenvalue weighted by Crippen LogP contribution is 2.28. The molecule has 0 bridgehead atoms. The zero-order chi connectivity index (χ0) is 12.6. The number of alkyl halides is 3. The van der Waals surface area contributed by atoms with Crippen molar-refractivity contribution in [1.82, 2.24) is 4.90 Å². The zero-order valence-electron chi connectivity index (χ0n) is 8.72. The van der Waals surface area contributed by atoms with Crippen molar-refractivity contribution in [2.24, 2.45) is 0 Å². The Morgan fingerprint density at radius 2 is 2.06 bits per heavy atom. The molecule has 1 aliphatic rings. The molecule has 1 aromatic rings. The van der Waals surface area contributed by atoms with Crippen LogP contribution in [-0.4, -0.2) is 23.5 Å². The minimum atomic E-state index is -4.79. The Morgan fingerprint density at radius 3 is 2.71 bits per heavy atom. The molecule has 1 heterocycles. The fourth-order valence-electron chi connectivity index (χ4n) is 1.92. The van der Waals surface area contributed by atoms with Crippen molar-refractivity contribution in [1.29, 1.82) is 0 Å². The average molecular weight is 308 g/mol. The number of fused-ring (bicyclic) bond motifs is 1. The smallest absolute Gasteiger partial charge is 0.330 e. The molecule has 6 heteroatoms. The van der Waals surface area contributed by atoms with Gasteiger partial charge in [-0.25, -0.2) is 0 Å². The van der Waals surface area contributed by atoms with E-state index >= 15 is 0 Å². The monoisotopic (exact) mass is 307 g/mol. The van der Waals surface area contributed by atoms with Gasteiger partial charge in [-0.3, -0.25) is 4.79 Å². The molecule has 0 unspecified atom stereocenters. The molecule has 0 radical (unpaired) electrons. The lowest BCUT2D eigenvalue weighted by Gasteiger charge is -2.29. The van der Waals surface area contributed by atoms with Gasteiger partial charge in [-0.05, 0) is 23.6 Å². The minimum Gasteiger partial charge on any atom is -0.330 e. The van der Waals surface area contributed by atoms with Crippen LogP contribution in [-0.2, 0) is 17.8 Å². The summed E-state index contributed by atoms with van der Waals surface area (Å²) in [5, 5.41) is 0. The Labute approximate surface area is 105 Å². The van der Waals surface area contributed by atoms with Gasteiger partial charge in [-0.15, -0.1) is 0 Å². The number of hydrogen-bond donors (Lipinski definition) is 0. The van der Waals surface area contributed by atoms with E-state index in [1.807, 2.05) is 6.07 Å². The lowest BCUT2D eigenvalue weighted by atomic mass is 10.00. The summed E-state index contributed by atoms with van der Waals surface area (Å²) in [5.41, 5.74) is 1.75. The highest BCUT2D eigenvalue weighted by molar-refractivity contribution is 9.10. The van der Waals surface area contributed by atoms with Gasteiger partial charge < -0.3 is 4.90 Å². The van der Waals surface area contributed by atoms with Crippen molar-refractivity contribution in [3.63, 3.8) is 0 Å². The Hall–Kier alpha value is -1.04. The highest BCUT2D eigenvalue weighted by Gasteiger charge is 2.43. The lowest BCUT2D eigenvalue weighted by molar-refractivity contribution is -0.186. The molecule has 2 nitrogen and oxygen atoms in total. The minimum absolute atomic E-state index is 0.0209. The van der Waals surface area contributed by atoms with Crippen molar-refractivity contribution in [3.8, 4) is 0 Å². The van der Waals surface area contributed by atoms with E-state index in [4.69, 9.17) is 0 Å². The van der Waals surface area contributed by atoms with Gasteiger partial charge in [-0.2, -0.15) is 13.2 Å². The van der Waals surface area contributed by atoms with Crippen molar-refractivity contribution in [3.05, 3.63) is 33.8 Å². The van der Waals surface area contributed by atoms with E-state index in [1.54, 1.807) is 12.1 Å². The van der Waals surface area contributed by atoms with E-state index in [0.29, 0.717) is 6.42 Å². The maximum atomic E-state index is 12.3. The summed E-state index contributed by atoms with van der Waals surface area (Å²) in [6, 6.07) is 5.35. The van der Waals surface area contributed by atoms with Crippen LogP contribution in [0.15, 0.2) is 22.7 Å². The number of benzene rings is 1. The number of amides is 1. The standard InChI is InChI=1S/C11H9BrF3NO/c12-9-3-1-2-7-6-16(5-4-8(7)9)10(17)11(13,14)15/h1-3H,4-6H2. The molecule has 0 aromatic heterocycles. The van der Waals surface area contributed by atoms with Gasteiger partial charge in [0.15, 0.2) is 0 Å².